The third-order valence-corrected chi connectivity index (χ3v) is 3.66. The number of halogens is 2. The van der Waals surface area contributed by atoms with Crippen LogP contribution in [0.1, 0.15) is 15.9 Å². The molecule has 0 aliphatic rings. The van der Waals surface area contributed by atoms with Gasteiger partial charge < -0.3 is 4.74 Å². The number of Topliss-reactive ketones (excluding diaryl/α,β-unsaturated/α-hetero) is 1. The van der Waals surface area contributed by atoms with E-state index in [1.54, 1.807) is 25.6 Å². The summed E-state index contributed by atoms with van der Waals surface area (Å²) in [5, 5.41) is 0. The van der Waals surface area contributed by atoms with Crippen LogP contribution in [-0.2, 0) is 6.42 Å². The number of carbonyl (C=O) groups is 1. The van der Waals surface area contributed by atoms with Crippen molar-refractivity contribution >= 4 is 37.6 Å². The Kier molecular flexibility index (Phi) is 4.71. The Labute approximate surface area is 128 Å². The highest BCUT2D eigenvalue weighted by Gasteiger charge is 2.09. The summed E-state index contributed by atoms with van der Waals surface area (Å²) in [6.45, 7) is 0. The Hall–Kier alpha value is -1.20. The maximum Gasteiger partial charge on any atom is 0.168 e. The van der Waals surface area contributed by atoms with Crippen molar-refractivity contribution in [2.45, 2.75) is 6.42 Å². The lowest BCUT2D eigenvalue weighted by Gasteiger charge is -2.06. The smallest absolute Gasteiger partial charge is 0.168 e. The molecule has 5 heteroatoms. The standard InChI is InChI=1S/C14H11Br2NO2/c1-19-14-3-2-9(4-12(14)16)5-13(18)10-6-11(15)8-17-7-10/h2-4,6-8H,5H2,1H3. The highest BCUT2D eigenvalue weighted by atomic mass is 79.9. The number of ketones is 1. The summed E-state index contributed by atoms with van der Waals surface area (Å²) in [5.41, 5.74) is 1.53. The minimum atomic E-state index is 0.0332. The maximum absolute atomic E-state index is 12.1. The predicted octanol–water partition coefficient (Wildman–Crippen LogP) is 4.04. The van der Waals surface area contributed by atoms with E-state index < -0.39 is 0 Å². The van der Waals surface area contributed by atoms with Crippen molar-refractivity contribution in [3.05, 3.63) is 56.7 Å². The van der Waals surface area contributed by atoms with Gasteiger partial charge in [-0.25, -0.2) is 0 Å². The molecule has 2 rings (SSSR count). The Balaban J connectivity index is 2.17. The van der Waals surface area contributed by atoms with Gasteiger partial charge in [-0.2, -0.15) is 0 Å². The van der Waals surface area contributed by atoms with Crippen LogP contribution in [0.4, 0.5) is 0 Å². The van der Waals surface area contributed by atoms with E-state index in [9.17, 15) is 4.79 Å². The topological polar surface area (TPSA) is 39.2 Å². The first-order valence-electron chi connectivity index (χ1n) is 5.56. The van der Waals surface area contributed by atoms with Crippen molar-refractivity contribution in [3.63, 3.8) is 0 Å². The Bertz CT molecular complexity index is 614. The predicted molar refractivity (Wildman–Crippen MR) is 80.7 cm³/mol. The maximum atomic E-state index is 12.1. The molecule has 1 aromatic carbocycles. The van der Waals surface area contributed by atoms with Crippen LogP contribution in [0.3, 0.4) is 0 Å². The van der Waals surface area contributed by atoms with E-state index in [2.05, 4.69) is 36.8 Å². The van der Waals surface area contributed by atoms with Crippen LogP contribution in [0.5, 0.6) is 5.75 Å². The van der Waals surface area contributed by atoms with E-state index >= 15 is 0 Å². The summed E-state index contributed by atoms with van der Waals surface area (Å²) in [6, 6.07) is 7.38. The lowest BCUT2D eigenvalue weighted by molar-refractivity contribution is 0.0992. The number of rotatable bonds is 4. The fourth-order valence-corrected chi connectivity index (χ4v) is 2.62. The van der Waals surface area contributed by atoms with Crippen molar-refractivity contribution in [2.75, 3.05) is 7.11 Å². The van der Waals surface area contributed by atoms with Crippen LogP contribution in [0.25, 0.3) is 0 Å². The molecule has 1 heterocycles. The monoisotopic (exact) mass is 383 g/mol. The third-order valence-electron chi connectivity index (χ3n) is 2.61. The summed E-state index contributed by atoms with van der Waals surface area (Å²) in [7, 11) is 1.61. The summed E-state index contributed by atoms with van der Waals surface area (Å²) >= 11 is 6.72. The zero-order valence-corrected chi connectivity index (χ0v) is 13.4. The van der Waals surface area contributed by atoms with Gasteiger partial charge in [0.05, 0.1) is 11.6 Å². The van der Waals surface area contributed by atoms with Gasteiger partial charge in [-0.05, 0) is 55.6 Å². The molecule has 0 amide bonds. The van der Waals surface area contributed by atoms with Crippen molar-refractivity contribution in [1.82, 2.24) is 4.98 Å². The number of aromatic nitrogens is 1. The molecule has 0 bridgehead atoms. The van der Waals surface area contributed by atoms with E-state index in [0.717, 1.165) is 20.3 Å². The first-order valence-corrected chi connectivity index (χ1v) is 7.15. The van der Waals surface area contributed by atoms with Crippen LogP contribution in [0, 0.1) is 0 Å². The number of methoxy groups -OCH3 is 1. The minimum absolute atomic E-state index is 0.0332. The number of benzene rings is 1. The molecular formula is C14H11Br2NO2. The number of pyridine rings is 1. The van der Waals surface area contributed by atoms with E-state index in [4.69, 9.17) is 4.74 Å². The van der Waals surface area contributed by atoms with Crippen molar-refractivity contribution in [3.8, 4) is 5.75 Å². The molecule has 2 aromatic rings. The molecule has 0 spiro atoms. The van der Waals surface area contributed by atoms with Gasteiger partial charge in [-0.1, -0.05) is 6.07 Å². The molecule has 0 fully saturated rings. The molecule has 1 aromatic heterocycles. The number of carbonyl (C=O) groups excluding carboxylic acids is 1. The largest absolute Gasteiger partial charge is 0.496 e. The number of hydrogen-bond donors (Lipinski definition) is 0. The van der Waals surface area contributed by atoms with E-state index in [1.165, 1.54) is 0 Å². The van der Waals surface area contributed by atoms with E-state index in [1.807, 2.05) is 18.2 Å². The average Bonchev–Trinajstić information content (AvgIpc) is 2.39. The second-order valence-corrected chi connectivity index (χ2v) is 5.73. The molecule has 0 saturated heterocycles. The lowest BCUT2D eigenvalue weighted by atomic mass is 10.0. The zero-order chi connectivity index (χ0) is 13.8. The van der Waals surface area contributed by atoms with Gasteiger partial charge in [0.15, 0.2) is 5.78 Å². The number of nitrogens with zero attached hydrogens (tertiary/aromatic N) is 1. The molecule has 3 nitrogen and oxygen atoms in total. The van der Waals surface area contributed by atoms with Crippen LogP contribution >= 0.6 is 31.9 Å². The highest BCUT2D eigenvalue weighted by molar-refractivity contribution is 9.10. The van der Waals surface area contributed by atoms with Crippen LogP contribution in [0.15, 0.2) is 45.6 Å². The van der Waals surface area contributed by atoms with Crippen molar-refractivity contribution < 1.29 is 9.53 Å². The summed E-state index contributed by atoms with van der Waals surface area (Å²) in [4.78, 5) is 16.1. The molecule has 0 saturated carbocycles. The van der Waals surface area contributed by atoms with Crippen LogP contribution in [0.2, 0.25) is 0 Å². The molecule has 0 unspecified atom stereocenters. The number of hydrogen-bond acceptors (Lipinski definition) is 3. The normalized spacial score (nSPS) is 10.3. The molecule has 0 atom stereocenters. The third kappa shape index (κ3) is 3.64. The molecule has 0 aliphatic heterocycles. The van der Waals surface area contributed by atoms with Gasteiger partial charge in [0.25, 0.3) is 0 Å². The highest BCUT2D eigenvalue weighted by Crippen LogP contribution is 2.26. The molecule has 0 aliphatic carbocycles. The van der Waals surface area contributed by atoms with Gasteiger partial charge in [0, 0.05) is 28.9 Å². The van der Waals surface area contributed by atoms with Gasteiger partial charge in [0.2, 0.25) is 0 Å². The van der Waals surface area contributed by atoms with Gasteiger partial charge in [-0.15, -0.1) is 0 Å². The summed E-state index contributed by atoms with van der Waals surface area (Å²) in [6.07, 6.45) is 3.56. The SMILES string of the molecule is COc1ccc(CC(=O)c2cncc(Br)c2)cc1Br. The molecule has 19 heavy (non-hydrogen) atoms. The minimum Gasteiger partial charge on any atom is -0.496 e. The number of ether oxygens (including phenoxy) is 1. The lowest BCUT2D eigenvalue weighted by Crippen LogP contribution is -2.04. The fourth-order valence-electron chi connectivity index (χ4n) is 1.67. The quantitative estimate of drug-likeness (QED) is 0.746. The van der Waals surface area contributed by atoms with Gasteiger partial charge in [-0.3, -0.25) is 9.78 Å². The van der Waals surface area contributed by atoms with Crippen LogP contribution in [-0.4, -0.2) is 17.9 Å². The molecule has 98 valence electrons. The van der Waals surface area contributed by atoms with Crippen molar-refractivity contribution in [2.24, 2.45) is 0 Å². The van der Waals surface area contributed by atoms with E-state index in [-0.39, 0.29) is 5.78 Å². The van der Waals surface area contributed by atoms with Gasteiger partial charge in [0.1, 0.15) is 5.75 Å². The van der Waals surface area contributed by atoms with E-state index in [0.29, 0.717) is 12.0 Å². The van der Waals surface area contributed by atoms with Crippen molar-refractivity contribution in [1.29, 1.82) is 0 Å². The average molecular weight is 385 g/mol. The second kappa shape index (κ2) is 6.30. The summed E-state index contributed by atoms with van der Waals surface area (Å²) < 4.78 is 6.80. The fraction of sp³-hybridized carbons (Fsp3) is 0.143. The Morgan fingerprint density at radius 2 is 2.05 bits per heavy atom. The Morgan fingerprint density at radius 3 is 2.68 bits per heavy atom. The second-order valence-electron chi connectivity index (χ2n) is 3.96. The van der Waals surface area contributed by atoms with Crippen LogP contribution < -0.4 is 4.74 Å². The molecular weight excluding hydrogens is 374 g/mol. The first kappa shape index (κ1) is 14.2. The molecule has 0 radical (unpaired) electrons. The molecule has 0 N–H and O–H groups in total. The zero-order valence-electron chi connectivity index (χ0n) is 10.2. The van der Waals surface area contributed by atoms with Gasteiger partial charge >= 0.3 is 0 Å². The summed E-state index contributed by atoms with van der Waals surface area (Å²) in [5.74, 6) is 0.784. The Morgan fingerprint density at radius 1 is 1.26 bits per heavy atom. The first-order chi connectivity index (χ1) is 9.10.